The summed E-state index contributed by atoms with van der Waals surface area (Å²) in [6.45, 7) is -0.146. The van der Waals surface area contributed by atoms with E-state index in [1.165, 1.54) is 29.6 Å². The van der Waals surface area contributed by atoms with Crippen molar-refractivity contribution in [2.24, 2.45) is 0 Å². The lowest BCUT2D eigenvalue weighted by molar-refractivity contribution is -0.0511. The third kappa shape index (κ3) is 2.76. The molecule has 4 heterocycles. The van der Waals surface area contributed by atoms with Crippen molar-refractivity contribution >= 4 is 17.0 Å². The lowest BCUT2D eigenvalue weighted by Gasteiger charge is -2.16. The standard InChI is InChI=1S/C15H17N5O6/c21-3-9-11(23)12(24)15(26-9)20-6-19-10-13(17-5-18-14(10)20)16-2-8-1-7(22)4-25-8/h1,4-6,9,11-12,15,21-24H,2-3H2,(H,16,17,18)/t9-,11-,12+,15-/m1/s1. The second-order valence-electron chi connectivity index (χ2n) is 5.90. The third-order valence-corrected chi connectivity index (χ3v) is 4.22. The average molecular weight is 363 g/mol. The summed E-state index contributed by atoms with van der Waals surface area (Å²) in [5.41, 5.74) is 0.820. The van der Waals surface area contributed by atoms with E-state index in [0.717, 1.165) is 0 Å². The molecule has 1 fully saturated rings. The van der Waals surface area contributed by atoms with Crippen molar-refractivity contribution in [1.29, 1.82) is 0 Å². The van der Waals surface area contributed by atoms with Gasteiger partial charge in [-0.25, -0.2) is 15.0 Å². The molecule has 4 atom stereocenters. The molecule has 4 rings (SSSR count). The third-order valence-electron chi connectivity index (χ3n) is 4.22. The molecule has 11 heteroatoms. The second-order valence-corrected chi connectivity index (χ2v) is 5.90. The van der Waals surface area contributed by atoms with Gasteiger partial charge in [0.2, 0.25) is 0 Å². The van der Waals surface area contributed by atoms with Crippen LogP contribution >= 0.6 is 0 Å². The van der Waals surface area contributed by atoms with Gasteiger partial charge in [0.1, 0.15) is 36.7 Å². The van der Waals surface area contributed by atoms with Gasteiger partial charge in [-0.1, -0.05) is 0 Å². The van der Waals surface area contributed by atoms with E-state index in [2.05, 4.69) is 20.3 Å². The topological polar surface area (TPSA) is 159 Å². The summed E-state index contributed by atoms with van der Waals surface area (Å²) in [6, 6.07) is 1.48. The summed E-state index contributed by atoms with van der Waals surface area (Å²) >= 11 is 0. The molecular formula is C15H17N5O6. The number of aliphatic hydroxyl groups excluding tert-OH is 3. The largest absolute Gasteiger partial charge is 0.505 e. The van der Waals surface area contributed by atoms with Gasteiger partial charge in [-0.3, -0.25) is 4.57 Å². The molecule has 3 aromatic rings. The summed E-state index contributed by atoms with van der Waals surface area (Å²) in [7, 11) is 0. The SMILES string of the molecule is OC[C@H]1O[C@@H](n2cnc3c(NCc4cc(O)co4)ncnc32)[C@@H](O)[C@@H]1O. The molecule has 0 bridgehead atoms. The summed E-state index contributed by atoms with van der Waals surface area (Å²) in [4.78, 5) is 12.6. The highest BCUT2D eigenvalue weighted by Gasteiger charge is 2.44. The van der Waals surface area contributed by atoms with E-state index in [1.807, 2.05) is 0 Å². The Bertz CT molecular complexity index is 911. The number of ether oxygens (including phenoxy) is 1. The van der Waals surface area contributed by atoms with Crippen LogP contribution in [0.1, 0.15) is 12.0 Å². The molecule has 1 aliphatic heterocycles. The Morgan fingerprint density at radius 2 is 2.04 bits per heavy atom. The minimum absolute atomic E-state index is 0.0308. The molecule has 0 amide bonds. The number of furan rings is 1. The number of aromatic nitrogens is 4. The quantitative estimate of drug-likeness (QED) is 0.394. The van der Waals surface area contributed by atoms with Gasteiger partial charge in [-0.15, -0.1) is 0 Å². The molecule has 3 aromatic heterocycles. The van der Waals surface area contributed by atoms with E-state index in [4.69, 9.17) is 9.15 Å². The first-order valence-corrected chi connectivity index (χ1v) is 7.88. The van der Waals surface area contributed by atoms with Crippen molar-refractivity contribution in [3.63, 3.8) is 0 Å². The van der Waals surface area contributed by atoms with Gasteiger partial charge in [0.15, 0.2) is 29.0 Å². The van der Waals surface area contributed by atoms with Crippen molar-refractivity contribution in [2.45, 2.75) is 31.1 Å². The molecule has 1 saturated heterocycles. The summed E-state index contributed by atoms with van der Waals surface area (Å²) in [5.74, 6) is 0.969. The number of fused-ring (bicyclic) bond motifs is 1. The van der Waals surface area contributed by atoms with E-state index >= 15 is 0 Å². The molecule has 0 radical (unpaired) electrons. The van der Waals surface area contributed by atoms with Gasteiger partial charge in [-0.2, -0.15) is 0 Å². The van der Waals surface area contributed by atoms with Crippen molar-refractivity contribution in [3.05, 3.63) is 30.7 Å². The van der Waals surface area contributed by atoms with Crippen LogP contribution in [0.5, 0.6) is 5.75 Å². The van der Waals surface area contributed by atoms with E-state index in [-0.39, 0.29) is 12.3 Å². The summed E-state index contributed by atoms with van der Waals surface area (Å²) in [6.07, 6.45) is -0.304. The van der Waals surface area contributed by atoms with Crippen molar-refractivity contribution in [3.8, 4) is 5.75 Å². The van der Waals surface area contributed by atoms with E-state index in [0.29, 0.717) is 22.7 Å². The fourth-order valence-electron chi connectivity index (χ4n) is 2.91. The Labute approximate surface area is 146 Å². The molecule has 138 valence electrons. The smallest absolute Gasteiger partial charge is 0.167 e. The first kappa shape index (κ1) is 16.7. The van der Waals surface area contributed by atoms with Crippen LogP contribution in [0.25, 0.3) is 11.2 Å². The van der Waals surface area contributed by atoms with Crippen LogP contribution in [-0.4, -0.2) is 64.9 Å². The number of hydrogen-bond donors (Lipinski definition) is 5. The van der Waals surface area contributed by atoms with Crippen molar-refractivity contribution < 1.29 is 29.6 Å². The second kappa shape index (κ2) is 6.53. The van der Waals surface area contributed by atoms with Gasteiger partial charge in [0.25, 0.3) is 0 Å². The Hall–Kier alpha value is -2.73. The monoisotopic (exact) mass is 363 g/mol. The van der Waals surface area contributed by atoms with E-state index < -0.39 is 31.1 Å². The van der Waals surface area contributed by atoms with Crippen molar-refractivity contribution in [1.82, 2.24) is 19.5 Å². The summed E-state index contributed by atoms with van der Waals surface area (Å²) < 4.78 is 12.1. The number of nitrogens with one attached hydrogen (secondary N) is 1. The maximum absolute atomic E-state index is 10.2. The summed E-state index contributed by atoms with van der Waals surface area (Å²) in [5, 5.41) is 41.7. The predicted molar refractivity (Wildman–Crippen MR) is 86.0 cm³/mol. The zero-order valence-corrected chi connectivity index (χ0v) is 13.4. The minimum Gasteiger partial charge on any atom is -0.505 e. The number of anilines is 1. The van der Waals surface area contributed by atoms with Crippen LogP contribution in [0.3, 0.4) is 0 Å². The lowest BCUT2D eigenvalue weighted by Crippen LogP contribution is -2.33. The molecule has 0 spiro atoms. The number of imidazole rings is 1. The maximum atomic E-state index is 10.2. The van der Waals surface area contributed by atoms with Crippen LogP contribution in [-0.2, 0) is 11.3 Å². The fourth-order valence-corrected chi connectivity index (χ4v) is 2.91. The highest BCUT2D eigenvalue weighted by molar-refractivity contribution is 5.82. The van der Waals surface area contributed by atoms with Gasteiger partial charge < -0.3 is 34.9 Å². The van der Waals surface area contributed by atoms with Crippen LogP contribution in [0, 0.1) is 0 Å². The van der Waals surface area contributed by atoms with E-state index in [9.17, 15) is 20.4 Å². The fraction of sp³-hybridized carbons (Fsp3) is 0.400. The molecule has 0 unspecified atom stereocenters. The van der Waals surface area contributed by atoms with Gasteiger partial charge in [0.05, 0.1) is 19.5 Å². The van der Waals surface area contributed by atoms with Crippen LogP contribution in [0.4, 0.5) is 5.82 Å². The first-order chi connectivity index (χ1) is 12.6. The van der Waals surface area contributed by atoms with Gasteiger partial charge in [-0.05, 0) is 0 Å². The molecule has 0 saturated carbocycles. The Balaban J connectivity index is 1.61. The van der Waals surface area contributed by atoms with Crippen molar-refractivity contribution in [2.75, 3.05) is 11.9 Å². The molecule has 11 nitrogen and oxygen atoms in total. The average Bonchev–Trinajstić information content (AvgIpc) is 3.32. The molecule has 5 N–H and O–H groups in total. The molecule has 26 heavy (non-hydrogen) atoms. The molecule has 0 aliphatic carbocycles. The van der Waals surface area contributed by atoms with E-state index in [1.54, 1.807) is 0 Å². The number of nitrogens with zero attached hydrogens (tertiary/aromatic N) is 4. The number of hydrogen-bond acceptors (Lipinski definition) is 10. The number of aromatic hydroxyl groups is 1. The number of rotatable bonds is 5. The zero-order valence-electron chi connectivity index (χ0n) is 13.4. The minimum atomic E-state index is -1.23. The predicted octanol–water partition coefficient (Wildman–Crippen LogP) is -0.652. The highest BCUT2D eigenvalue weighted by atomic mass is 16.6. The maximum Gasteiger partial charge on any atom is 0.167 e. The highest BCUT2D eigenvalue weighted by Crippen LogP contribution is 2.32. The lowest BCUT2D eigenvalue weighted by atomic mass is 10.1. The number of aliphatic hydroxyl groups is 3. The molecule has 0 aromatic carbocycles. The van der Waals surface area contributed by atoms with Gasteiger partial charge in [0, 0.05) is 6.07 Å². The van der Waals surface area contributed by atoms with Gasteiger partial charge >= 0.3 is 0 Å². The Morgan fingerprint density at radius 3 is 2.73 bits per heavy atom. The molecular weight excluding hydrogens is 346 g/mol. The Kier molecular flexibility index (Phi) is 4.20. The normalized spacial score (nSPS) is 25.8. The van der Waals surface area contributed by atoms with Crippen LogP contribution < -0.4 is 5.32 Å². The molecule has 1 aliphatic rings. The zero-order chi connectivity index (χ0) is 18.3. The first-order valence-electron chi connectivity index (χ1n) is 7.88. The van der Waals surface area contributed by atoms with Crippen LogP contribution in [0.15, 0.2) is 29.4 Å². The van der Waals surface area contributed by atoms with Crippen LogP contribution in [0.2, 0.25) is 0 Å². The Morgan fingerprint density at radius 1 is 1.19 bits per heavy atom.